The second-order valence-electron chi connectivity index (χ2n) is 5.65. The van der Waals surface area contributed by atoms with Gasteiger partial charge in [0.05, 0.1) is 11.7 Å². The summed E-state index contributed by atoms with van der Waals surface area (Å²) in [6.07, 6.45) is 0.204. The van der Waals surface area contributed by atoms with Crippen LogP contribution in [0.1, 0.15) is 26.3 Å². The number of nitrogens with one attached hydrogen (secondary N) is 1. The summed E-state index contributed by atoms with van der Waals surface area (Å²) in [4.78, 5) is 2.31. The fourth-order valence-corrected chi connectivity index (χ4v) is 3.15. The summed E-state index contributed by atoms with van der Waals surface area (Å²) in [7, 11) is 0. The number of amidine groups is 1. The lowest BCUT2D eigenvalue weighted by atomic mass is 10.0. The Labute approximate surface area is 122 Å². The van der Waals surface area contributed by atoms with Gasteiger partial charge in [0.15, 0.2) is 0 Å². The molecule has 4 nitrogen and oxygen atoms in total. The van der Waals surface area contributed by atoms with Crippen molar-refractivity contribution in [2.75, 3.05) is 18.0 Å². The van der Waals surface area contributed by atoms with E-state index in [1.165, 1.54) is 0 Å². The van der Waals surface area contributed by atoms with Crippen molar-refractivity contribution in [1.82, 2.24) is 0 Å². The van der Waals surface area contributed by atoms with Crippen LogP contribution in [0.4, 0.5) is 5.69 Å². The first-order chi connectivity index (χ1) is 8.78. The standard InChI is InChI=1S/C14H20BrN3O/c1-9-7-18(8-14(2,3)19-9)10-4-5-11(13(16)17)12(15)6-10/h4-6,9H,7-8H2,1-3H3,(H3,16,17). The SMILES string of the molecule is CC1CN(c2ccc(C(=N)N)c(Br)c2)CC(C)(C)O1. The van der Waals surface area contributed by atoms with Gasteiger partial charge in [0, 0.05) is 28.8 Å². The number of morpholine rings is 1. The van der Waals surface area contributed by atoms with Gasteiger partial charge in [-0.05, 0) is 54.9 Å². The van der Waals surface area contributed by atoms with Gasteiger partial charge in [-0.25, -0.2) is 0 Å². The number of nitrogen functional groups attached to an aromatic ring is 1. The highest BCUT2D eigenvalue weighted by molar-refractivity contribution is 9.10. The largest absolute Gasteiger partial charge is 0.384 e. The maximum atomic E-state index is 7.50. The minimum atomic E-state index is -0.149. The first kappa shape index (κ1) is 14.3. The molecule has 0 radical (unpaired) electrons. The number of rotatable bonds is 2. The number of halogens is 1. The molecule has 1 atom stereocenters. The molecule has 1 aliphatic rings. The molecule has 2 rings (SSSR count). The lowest BCUT2D eigenvalue weighted by Crippen LogP contribution is -2.52. The first-order valence-electron chi connectivity index (χ1n) is 6.35. The third kappa shape index (κ3) is 3.28. The van der Waals surface area contributed by atoms with Crippen LogP contribution in [0.2, 0.25) is 0 Å². The minimum absolute atomic E-state index is 0.0779. The van der Waals surface area contributed by atoms with E-state index < -0.39 is 0 Å². The van der Waals surface area contributed by atoms with Crippen LogP contribution in [0.5, 0.6) is 0 Å². The van der Waals surface area contributed by atoms with Gasteiger partial charge in [-0.15, -0.1) is 0 Å². The fraction of sp³-hybridized carbons (Fsp3) is 0.500. The van der Waals surface area contributed by atoms with Crippen molar-refractivity contribution in [1.29, 1.82) is 5.41 Å². The molecule has 0 spiro atoms. The Balaban J connectivity index is 2.27. The van der Waals surface area contributed by atoms with Crippen molar-refractivity contribution in [2.24, 2.45) is 5.73 Å². The molecule has 1 fully saturated rings. The molecule has 0 aromatic heterocycles. The van der Waals surface area contributed by atoms with Gasteiger partial charge in [-0.2, -0.15) is 0 Å². The zero-order valence-electron chi connectivity index (χ0n) is 11.5. The molecule has 0 aliphatic carbocycles. The maximum absolute atomic E-state index is 7.50. The smallest absolute Gasteiger partial charge is 0.123 e. The summed E-state index contributed by atoms with van der Waals surface area (Å²) < 4.78 is 6.77. The average molecular weight is 326 g/mol. The van der Waals surface area contributed by atoms with E-state index in [0.29, 0.717) is 0 Å². The van der Waals surface area contributed by atoms with Crippen molar-refractivity contribution in [3.63, 3.8) is 0 Å². The molecule has 104 valence electrons. The van der Waals surface area contributed by atoms with Gasteiger partial charge < -0.3 is 15.4 Å². The highest BCUT2D eigenvalue weighted by Gasteiger charge is 2.31. The van der Waals surface area contributed by atoms with E-state index in [0.717, 1.165) is 28.8 Å². The van der Waals surface area contributed by atoms with Crippen LogP contribution < -0.4 is 10.6 Å². The lowest BCUT2D eigenvalue weighted by Gasteiger charge is -2.43. The Kier molecular flexibility index (Phi) is 3.87. The molecule has 1 saturated heterocycles. The normalized spacial score (nSPS) is 22.3. The van der Waals surface area contributed by atoms with E-state index in [-0.39, 0.29) is 17.5 Å². The van der Waals surface area contributed by atoms with Crippen LogP contribution in [0.3, 0.4) is 0 Å². The van der Waals surface area contributed by atoms with Gasteiger partial charge in [-0.1, -0.05) is 0 Å². The summed E-state index contributed by atoms with van der Waals surface area (Å²) in [5.74, 6) is 0.0779. The molecule has 1 aliphatic heterocycles. The highest BCUT2D eigenvalue weighted by atomic mass is 79.9. The van der Waals surface area contributed by atoms with E-state index in [2.05, 4.69) is 41.6 Å². The number of hydrogen-bond donors (Lipinski definition) is 2. The summed E-state index contributed by atoms with van der Waals surface area (Å²) in [6, 6.07) is 5.91. The average Bonchev–Trinajstić information content (AvgIpc) is 2.25. The third-order valence-corrected chi connectivity index (χ3v) is 3.83. The molecule has 0 amide bonds. The number of hydrogen-bond acceptors (Lipinski definition) is 3. The predicted molar refractivity (Wildman–Crippen MR) is 82.0 cm³/mol. The Bertz CT molecular complexity index is 501. The molecule has 1 aromatic rings. The van der Waals surface area contributed by atoms with Crippen molar-refractivity contribution in [3.8, 4) is 0 Å². The first-order valence-corrected chi connectivity index (χ1v) is 7.14. The Morgan fingerprint density at radius 3 is 2.74 bits per heavy atom. The Hall–Kier alpha value is -1.07. The molecule has 1 aromatic carbocycles. The number of anilines is 1. The molecule has 1 heterocycles. The molecule has 1 unspecified atom stereocenters. The van der Waals surface area contributed by atoms with Crippen LogP contribution in [-0.4, -0.2) is 30.6 Å². The topological polar surface area (TPSA) is 62.3 Å². The van der Waals surface area contributed by atoms with E-state index in [1.807, 2.05) is 18.2 Å². The molecule has 3 N–H and O–H groups in total. The van der Waals surface area contributed by atoms with Crippen LogP contribution in [0.15, 0.2) is 22.7 Å². The van der Waals surface area contributed by atoms with Gasteiger partial charge in [-0.3, -0.25) is 5.41 Å². The maximum Gasteiger partial charge on any atom is 0.123 e. The minimum Gasteiger partial charge on any atom is -0.384 e. The van der Waals surface area contributed by atoms with E-state index >= 15 is 0 Å². The number of nitrogens with two attached hydrogens (primary N) is 1. The second kappa shape index (κ2) is 5.13. The van der Waals surface area contributed by atoms with E-state index in [1.54, 1.807) is 0 Å². The monoisotopic (exact) mass is 325 g/mol. The molecule has 5 heteroatoms. The second-order valence-corrected chi connectivity index (χ2v) is 6.50. The van der Waals surface area contributed by atoms with E-state index in [4.69, 9.17) is 15.9 Å². The highest BCUT2D eigenvalue weighted by Crippen LogP contribution is 2.29. The quantitative estimate of drug-likeness (QED) is 0.649. The van der Waals surface area contributed by atoms with Crippen LogP contribution in [-0.2, 0) is 4.74 Å². The Morgan fingerprint density at radius 1 is 1.53 bits per heavy atom. The number of nitrogens with zero attached hydrogens (tertiary/aromatic N) is 1. The van der Waals surface area contributed by atoms with E-state index in [9.17, 15) is 0 Å². The predicted octanol–water partition coefficient (Wildman–Crippen LogP) is 2.74. The fourth-order valence-electron chi connectivity index (χ4n) is 2.57. The summed E-state index contributed by atoms with van der Waals surface area (Å²) in [5, 5.41) is 7.50. The van der Waals surface area contributed by atoms with Crippen molar-refractivity contribution >= 4 is 27.5 Å². The van der Waals surface area contributed by atoms with Gasteiger partial charge in [0.1, 0.15) is 5.84 Å². The van der Waals surface area contributed by atoms with Gasteiger partial charge in [0.25, 0.3) is 0 Å². The van der Waals surface area contributed by atoms with Crippen molar-refractivity contribution < 1.29 is 4.74 Å². The van der Waals surface area contributed by atoms with Crippen LogP contribution in [0.25, 0.3) is 0 Å². The van der Waals surface area contributed by atoms with Crippen molar-refractivity contribution in [3.05, 3.63) is 28.2 Å². The lowest BCUT2D eigenvalue weighted by molar-refractivity contribution is -0.0749. The molecule has 19 heavy (non-hydrogen) atoms. The van der Waals surface area contributed by atoms with Crippen LogP contribution >= 0.6 is 15.9 Å². The van der Waals surface area contributed by atoms with Gasteiger partial charge in [0.2, 0.25) is 0 Å². The Morgan fingerprint density at radius 2 is 2.21 bits per heavy atom. The zero-order chi connectivity index (χ0) is 14.2. The molecular formula is C14H20BrN3O. The summed E-state index contributed by atoms with van der Waals surface area (Å²) in [6.45, 7) is 8.02. The van der Waals surface area contributed by atoms with Gasteiger partial charge >= 0.3 is 0 Å². The zero-order valence-corrected chi connectivity index (χ0v) is 13.1. The summed E-state index contributed by atoms with van der Waals surface area (Å²) in [5.41, 5.74) is 7.23. The van der Waals surface area contributed by atoms with Crippen molar-refractivity contribution in [2.45, 2.75) is 32.5 Å². The number of ether oxygens (including phenoxy) is 1. The summed E-state index contributed by atoms with van der Waals surface area (Å²) >= 11 is 3.48. The van der Waals surface area contributed by atoms with Crippen LogP contribution in [0, 0.1) is 5.41 Å². The third-order valence-electron chi connectivity index (χ3n) is 3.18. The number of benzene rings is 1. The molecule has 0 bridgehead atoms. The molecule has 0 saturated carbocycles. The molecular weight excluding hydrogens is 306 g/mol.